The molecule has 0 bridgehead atoms. The molecule has 2 saturated carbocycles. The molecule has 0 aromatic heterocycles. The van der Waals surface area contributed by atoms with Gasteiger partial charge in [-0.15, -0.1) is 0 Å². The molecule has 1 N–H and O–H groups in total. The minimum absolute atomic E-state index is 0.164. The van der Waals surface area contributed by atoms with Gasteiger partial charge < -0.3 is 10.0 Å². The van der Waals surface area contributed by atoms with Crippen LogP contribution >= 0.6 is 0 Å². The average molecular weight is 267 g/mol. The van der Waals surface area contributed by atoms with Crippen LogP contribution in [0.15, 0.2) is 0 Å². The Morgan fingerprint density at radius 2 is 1.84 bits per heavy atom. The minimum Gasteiger partial charge on any atom is -0.481 e. The van der Waals surface area contributed by atoms with Gasteiger partial charge in [0, 0.05) is 12.6 Å². The summed E-state index contributed by atoms with van der Waals surface area (Å²) in [6.45, 7) is 7.95. The van der Waals surface area contributed by atoms with Gasteiger partial charge in [0.25, 0.3) is 0 Å². The van der Waals surface area contributed by atoms with E-state index in [-0.39, 0.29) is 12.0 Å². The molecule has 0 radical (unpaired) electrons. The second-order valence-electron chi connectivity index (χ2n) is 7.77. The van der Waals surface area contributed by atoms with Gasteiger partial charge in [-0.3, -0.25) is 4.79 Å². The van der Waals surface area contributed by atoms with Crippen LogP contribution in [0.5, 0.6) is 0 Å². The molecule has 3 unspecified atom stereocenters. The Labute approximate surface area is 117 Å². The van der Waals surface area contributed by atoms with E-state index in [9.17, 15) is 9.90 Å². The molecule has 0 heterocycles. The van der Waals surface area contributed by atoms with E-state index in [1.165, 1.54) is 12.8 Å². The van der Waals surface area contributed by atoms with Gasteiger partial charge in [0.15, 0.2) is 0 Å². The van der Waals surface area contributed by atoms with Gasteiger partial charge in [-0.25, -0.2) is 0 Å². The van der Waals surface area contributed by atoms with Crippen molar-refractivity contribution in [2.24, 2.45) is 23.2 Å². The molecule has 0 amide bonds. The highest BCUT2D eigenvalue weighted by molar-refractivity contribution is 5.71. The third kappa shape index (κ3) is 3.71. The van der Waals surface area contributed by atoms with Gasteiger partial charge >= 0.3 is 5.97 Å². The van der Waals surface area contributed by atoms with Crippen molar-refractivity contribution < 1.29 is 9.90 Å². The van der Waals surface area contributed by atoms with Crippen molar-refractivity contribution >= 4 is 5.97 Å². The fourth-order valence-corrected chi connectivity index (χ4v) is 3.55. The highest BCUT2D eigenvalue weighted by atomic mass is 16.4. The van der Waals surface area contributed by atoms with E-state index in [1.54, 1.807) is 0 Å². The van der Waals surface area contributed by atoms with Gasteiger partial charge in [-0.05, 0) is 56.4 Å². The largest absolute Gasteiger partial charge is 0.481 e. The highest BCUT2D eigenvalue weighted by Crippen LogP contribution is 2.42. The fourth-order valence-electron chi connectivity index (χ4n) is 3.55. The van der Waals surface area contributed by atoms with Crippen molar-refractivity contribution in [2.45, 2.75) is 58.9 Å². The van der Waals surface area contributed by atoms with E-state index in [2.05, 4.69) is 32.7 Å². The fraction of sp³-hybridized carbons (Fsp3) is 0.938. The Morgan fingerprint density at radius 3 is 2.32 bits per heavy atom. The second-order valence-corrected chi connectivity index (χ2v) is 7.77. The van der Waals surface area contributed by atoms with Gasteiger partial charge in [0.2, 0.25) is 0 Å². The van der Waals surface area contributed by atoms with Crippen molar-refractivity contribution in [3.05, 3.63) is 0 Å². The molecule has 3 atom stereocenters. The summed E-state index contributed by atoms with van der Waals surface area (Å²) in [5.41, 5.74) is 0.294. The zero-order valence-electron chi connectivity index (χ0n) is 12.9. The van der Waals surface area contributed by atoms with E-state index in [1.807, 2.05) is 0 Å². The van der Waals surface area contributed by atoms with E-state index < -0.39 is 5.97 Å². The second kappa shape index (κ2) is 5.43. The lowest BCUT2D eigenvalue weighted by atomic mass is 9.67. The third-order valence-corrected chi connectivity index (χ3v) is 5.17. The van der Waals surface area contributed by atoms with Crippen LogP contribution in [0.3, 0.4) is 0 Å². The average Bonchev–Trinajstić information content (AvgIpc) is 3.10. The van der Waals surface area contributed by atoms with Crippen molar-refractivity contribution in [1.29, 1.82) is 0 Å². The topological polar surface area (TPSA) is 40.5 Å². The summed E-state index contributed by atoms with van der Waals surface area (Å²) in [5.74, 6) is 0.714. The summed E-state index contributed by atoms with van der Waals surface area (Å²) in [6.07, 6.45) is 5.61. The van der Waals surface area contributed by atoms with Gasteiger partial charge in [-0.2, -0.15) is 0 Å². The molecule has 2 rings (SSSR count). The molecule has 0 aromatic rings. The Kier molecular flexibility index (Phi) is 4.24. The number of carbonyl (C=O) groups is 1. The molecule has 110 valence electrons. The number of nitrogens with zero attached hydrogens (tertiary/aromatic N) is 1. The number of hydrogen-bond donors (Lipinski definition) is 1. The molecule has 0 aromatic carbocycles. The molecule has 3 nitrogen and oxygen atoms in total. The lowest BCUT2D eigenvalue weighted by Gasteiger charge is -2.44. The predicted octanol–water partition coefficient (Wildman–Crippen LogP) is 3.24. The summed E-state index contributed by atoms with van der Waals surface area (Å²) in [7, 11) is 2.13. The summed E-state index contributed by atoms with van der Waals surface area (Å²) in [4.78, 5) is 13.8. The van der Waals surface area contributed by atoms with Gasteiger partial charge in [-0.1, -0.05) is 20.8 Å². The summed E-state index contributed by atoms with van der Waals surface area (Å²) >= 11 is 0. The molecule has 0 saturated heterocycles. The number of carboxylic acid groups (broad SMARTS) is 1. The summed E-state index contributed by atoms with van der Waals surface area (Å²) < 4.78 is 0. The van der Waals surface area contributed by atoms with Crippen LogP contribution in [0.25, 0.3) is 0 Å². The minimum atomic E-state index is -0.597. The quantitative estimate of drug-likeness (QED) is 0.850. The van der Waals surface area contributed by atoms with E-state index >= 15 is 0 Å². The van der Waals surface area contributed by atoms with Crippen LogP contribution in [-0.4, -0.2) is 35.6 Å². The Morgan fingerprint density at radius 1 is 1.21 bits per heavy atom. The SMILES string of the molecule is CN(CC1CC1)C1CC(C(C)(C)C)CCC1C(=O)O. The van der Waals surface area contributed by atoms with E-state index in [4.69, 9.17) is 0 Å². The van der Waals surface area contributed by atoms with E-state index in [0.29, 0.717) is 11.3 Å². The maximum atomic E-state index is 11.5. The van der Waals surface area contributed by atoms with Crippen molar-refractivity contribution in [3.63, 3.8) is 0 Å². The molecule has 3 heteroatoms. The molecule has 0 aliphatic heterocycles. The monoisotopic (exact) mass is 267 g/mol. The standard InChI is InChI=1S/C16H29NO2/c1-16(2,3)12-7-8-13(15(18)19)14(9-12)17(4)10-11-5-6-11/h11-14H,5-10H2,1-4H3,(H,18,19). The number of carboxylic acids is 1. The van der Waals surface area contributed by atoms with Crippen molar-refractivity contribution in [3.8, 4) is 0 Å². The van der Waals surface area contributed by atoms with Crippen molar-refractivity contribution in [2.75, 3.05) is 13.6 Å². The maximum Gasteiger partial charge on any atom is 0.308 e. The van der Waals surface area contributed by atoms with Crippen LogP contribution in [0.1, 0.15) is 52.9 Å². The molecule has 19 heavy (non-hydrogen) atoms. The first-order valence-electron chi connectivity index (χ1n) is 7.72. The third-order valence-electron chi connectivity index (χ3n) is 5.17. The van der Waals surface area contributed by atoms with Gasteiger partial charge in [0.1, 0.15) is 0 Å². The van der Waals surface area contributed by atoms with Crippen LogP contribution in [0.4, 0.5) is 0 Å². The maximum absolute atomic E-state index is 11.5. The van der Waals surface area contributed by atoms with Crippen molar-refractivity contribution in [1.82, 2.24) is 4.90 Å². The Balaban J connectivity index is 2.05. The first-order valence-corrected chi connectivity index (χ1v) is 7.72. The number of hydrogen-bond acceptors (Lipinski definition) is 2. The van der Waals surface area contributed by atoms with Crippen LogP contribution in [-0.2, 0) is 4.79 Å². The highest BCUT2D eigenvalue weighted by Gasteiger charge is 2.41. The van der Waals surface area contributed by atoms with Gasteiger partial charge in [0.05, 0.1) is 5.92 Å². The molecule has 2 aliphatic carbocycles. The lowest BCUT2D eigenvalue weighted by molar-refractivity contribution is -0.146. The van der Waals surface area contributed by atoms with Crippen LogP contribution < -0.4 is 0 Å². The number of rotatable bonds is 4. The van der Waals surface area contributed by atoms with Crippen LogP contribution in [0.2, 0.25) is 0 Å². The van der Waals surface area contributed by atoms with E-state index in [0.717, 1.165) is 31.7 Å². The number of aliphatic carboxylic acids is 1. The Hall–Kier alpha value is -0.570. The smallest absolute Gasteiger partial charge is 0.308 e. The molecule has 0 spiro atoms. The summed E-state index contributed by atoms with van der Waals surface area (Å²) in [6, 6.07) is 0.232. The first-order chi connectivity index (χ1) is 8.79. The Bertz CT molecular complexity index is 330. The zero-order valence-corrected chi connectivity index (χ0v) is 12.9. The summed E-state index contributed by atoms with van der Waals surface area (Å²) in [5, 5.41) is 9.47. The normalized spacial score (nSPS) is 32.6. The first kappa shape index (κ1) is 14.8. The lowest BCUT2D eigenvalue weighted by Crippen LogP contribution is -2.48. The molecular formula is C16H29NO2. The molecule has 2 fully saturated rings. The predicted molar refractivity (Wildman–Crippen MR) is 77.1 cm³/mol. The van der Waals surface area contributed by atoms with Crippen LogP contribution in [0, 0.1) is 23.2 Å². The molecule has 2 aliphatic rings. The molecular weight excluding hydrogens is 238 g/mol. The zero-order chi connectivity index (χ0) is 14.2.